The number of fused-ring (bicyclic) bond motifs is 1. The van der Waals surface area contributed by atoms with E-state index >= 15 is 0 Å². The van der Waals surface area contributed by atoms with Crippen LogP contribution in [0.5, 0.6) is 0 Å². The Morgan fingerprint density at radius 1 is 1.35 bits per heavy atom. The maximum absolute atomic E-state index is 11.9. The van der Waals surface area contributed by atoms with E-state index in [1.807, 2.05) is 33.0 Å². The highest BCUT2D eigenvalue weighted by Crippen LogP contribution is 2.36. The van der Waals surface area contributed by atoms with Gasteiger partial charge in [-0.1, -0.05) is 17.7 Å². The van der Waals surface area contributed by atoms with Crippen molar-refractivity contribution < 1.29 is 8.42 Å². The van der Waals surface area contributed by atoms with Gasteiger partial charge in [-0.15, -0.1) is 0 Å². The van der Waals surface area contributed by atoms with Crippen LogP contribution < -0.4 is 5.32 Å². The van der Waals surface area contributed by atoms with E-state index in [-0.39, 0.29) is 6.04 Å². The third-order valence-electron chi connectivity index (χ3n) is 3.10. The Bertz CT molecular complexity index is 573. The molecule has 1 atom stereocenters. The second kappa shape index (κ2) is 4.27. The van der Waals surface area contributed by atoms with Gasteiger partial charge in [0.15, 0.2) is 0 Å². The van der Waals surface area contributed by atoms with Crippen molar-refractivity contribution in [3.8, 4) is 0 Å². The number of nitrogens with one attached hydrogen (secondary N) is 1. The van der Waals surface area contributed by atoms with Gasteiger partial charge in [-0.3, -0.25) is 0 Å². The van der Waals surface area contributed by atoms with Crippen LogP contribution in [0.25, 0.3) is 5.57 Å². The first-order chi connectivity index (χ1) is 7.94. The molecule has 17 heavy (non-hydrogen) atoms. The van der Waals surface area contributed by atoms with E-state index in [4.69, 9.17) is 0 Å². The minimum Gasteiger partial charge on any atom is -0.317 e. The Labute approximate surface area is 102 Å². The fourth-order valence-corrected chi connectivity index (χ4v) is 3.53. The van der Waals surface area contributed by atoms with Crippen LogP contribution in [0.2, 0.25) is 0 Å². The molecule has 3 nitrogen and oxygen atoms in total. The zero-order valence-electron chi connectivity index (χ0n) is 10.3. The number of benzene rings is 1. The number of aryl methyl sites for hydroxylation is 1. The fourth-order valence-electron chi connectivity index (χ4n) is 2.05. The smallest absolute Gasteiger partial charge is 0.200 e. The van der Waals surface area contributed by atoms with Crippen LogP contribution in [0, 0.1) is 6.92 Å². The minimum atomic E-state index is -3.22. The lowest BCUT2D eigenvalue weighted by molar-refractivity contribution is 0.605. The third kappa shape index (κ3) is 2.28. The van der Waals surface area contributed by atoms with Gasteiger partial charge in [0, 0.05) is 11.4 Å². The second-order valence-electron chi connectivity index (χ2n) is 4.58. The maximum atomic E-state index is 11.9. The van der Waals surface area contributed by atoms with Crippen molar-refractivity contribution >= 4 is 15.4 Å². The second-order valence-corrected chi connectivity index (χ2v) is 6.35. The highest BCUT2D eigenvalue weighted by Gasteiger charge is 2.27. The van der Waals surface area contributed by atoms with Gasteiger partial charge in [-0.2, -0.15) is 0 Å². The average molecular weight is 251 g/mol. The molecule has 0 aliphatic carbocycles. The topological polar surface area (TPSA) is 46.2 Å². The van der Waals surface area contributed by atoms with Gasteiger partial charge < -0.3 is 5.32 Å². The number of hydrogen-bond acceptors (Lipinski definition) is 3. The largest absolute Gasteiger partial charge is 0.317 e. The predicted octanol–water partition coefficient (Wildman–Crippen LogP) is 2.12. The van der Waals surface area contributed by atoms with Crippen molar-refractivity contribution in [2.24, 2.45) is 0 Å². The zero-order chi connectivity index (χ0) is 12.6. The molecule has 1 N–H and O–H groups in total. The number of sulfone groups is 1. The van der Waals surface area contributed by atoms with Crippen molar-refractivity contribution in [3.05, 3.63) is 34.7 Å². The Morgan fingerprint density at radius 2 is 2.06 bits per heavy atom. The highest BCUT2D eigenvalue weighted by atomic mass is 32.2. The first kappa shape index (κ1) is 12.3. The van der Waals surface area contributed by atoms with Crippen molar-refractivity contribution in [2.45, 2.75) is 31.2 Å². The molecule has 1 aliphatic heterocycles. The molecule has 1 heterocycles. The monoisotopic (exact) mass is 251 g/mol. The van der Waals surface area contributed by atoms with E-state index in [2.05, 4.69) is 5.32 Å². The summed E-state index contributed by atoms with van der Waals surface area (Å²) in [6.45, 7) is 4.02. The summed E-state index contributed by atoms with van der Waals surface area (Å²) in [4.78, 5) is 0.446. The van der Waals surface area contributed by atoms with Crippen molar-refractivity contribution in [1.82, 2.24) is 5.32 Å². The van der Waals surface area contributed by atoms with Crippen LogP contribution in [-0.4, -0.2) is 21.5 Å². The van der Waals surface area contributed by atoms with Gasteiger partial charge in [0.2, 0.25) is 9.84 Å². The summed E-state index contributed by atoms with van der Waals surface area (Å²) in [5, 5.41) is 4.54. The Morgan fingerprint density at radius 3 is 2.71 bits per heavy atom. The minimum absolute atomic E-state index is 0.267. The lowest BCUT2D eigenvalue weighted by atomic mass is 9.99. The summed E-state index contributed by atoms with van der Waals surface area (Å²) < 4.78 is 23.9. The SMILES string of the molecule is CNC(C)CC1=CS(=O)(=O)c2ccc(C)cc21. The number of rotatable bonds is 3. The summed E-state index contributed by atoms with van der Waals surface area (Å²) in [5.74, 6) is 0. The molecule has 0 saturated heterocycles. The van der Waals surface area contributed by atoms with Gasteiger partial charge in [-0.25, -0.2) is 8.42 Å². The van der Waals surface area contributed by atoms with Crippen LogP contribution in [0.1, 0.15) is 24.5 Å². The molecule has 4 heteroatoms. The maximum Gasteiger partial charge on any atom is 0.200 e. The Hall–Kier alpha value is -1.13. The van der Waals surface area contributed by atoms with Crippen molar-refractivity contribution in [1.29, 1.82) is 0 Å². The van der Waals surface area contributed by atoms with E-state index in [1.165, 1.54) is 5.41 Å². The summed E-state index contributed by atoms with van der Waals surface area (Å²) in [5.41, 5.74) is 2.86. The molecular weight excluding hydrogens is 234 g/mol. The summed E-state index contributed by atoms with van der Waals surface area (Å²) in [7, 11) is -1.33. The van der Waals surface area contributed by atoms with Gasteiger partial charge >= 0.3 is 0 Å². The summed E-state index contributed by atoms with van der Waals surface area (Å²) in [6, 6.07) is 5.76. The molecule has 1 aromatic rings. The van der Waals surface area contributed by atoms with E-state index in [0.29, 0.717) is 4.90 Å². The predicted molar refractivity (Wildman–Crippen MR) is 69.5 cm³/mol. The zero-order valence-corrected chi connectivity index (χ0v) is 11.1. The molecule has 92 valence electrons. The molecule has 0 saturated carbocycles. The van der Waals surface area contributed by atoms with Crippen LogP contribution in [0.3, 0.4) is 0 Å². The molecule has 1 unspecified atom stereocenters. The molecule has 0 aromatic heterocycles. The lowest BCUT2D eigenvalue weighted by Gasteiger charge is -2.11. The standard InChI is InChI=1S/C13H17NO2S/c1-9-4-5-13-12(6-9)11(7-10(2)14-3)8-17(13,15)16/h4-6,8,10,14H,7H2,1-3H3. The van der Waals surface area contributed by atoms with E-state index in [9.17, 15) is 8.42 Å². The molecule has 0 bridgehead atoms. The highest BCUT2D eigenvalue weighted by molar-refractivity contribution is 7.95. The molecule has 1 aliphatic rings. The Balaban J connectivity index is 2.48. The third-order valence-corrected chi connectivity index (χ3v) is 4.67. The van der Waals surface area contributed by atoms with Crippen LogP contribution >= 0.6 is 0 Å². The lowest BCUT2D eigenvalue weighted by Crippen LogP contribution is -2.21. The van der Waals surface area contributed by atoms with Crippen LogP contribution in [-0.2, 0) is 9.84 Å². The molecule has 1 aromatic carbocycles. The molecule has 0 radical (unpaired) electrons. The summed E-state index contributed by atoms with van der Waals surface area (Å²) >= 11 is 0. The first-order valence-electron chi connectivity index (χ1n) is 5.68. The van der Waals surface area contributed by atoms with Crippen LogP contribution in [0.15, 0.2) is 28.5 Å². The van der Waals surface area contributed by atoms with E-state index in [0.717, 1.165) is 23.1 Å². The van der Waals surface area contributed by atoms with Crippen LogP contribution in [0.4, 0.5) is 0 Å². The van der Waals surface area contributed by atoms with Gasteiger partial charge in [0.25, 0.3) is 0 Å². The quantitative estimate of drug-likeness (QED) is 0.895. The fraction of sp³-hybridized carbons (Fsp3) is 0.385. The van der Waals surface area contributed by atoms with E-state index in [1.54, 1.807) is 6.07 Å². The number of hydrogen-bond donors (Lipinski definition) is 1. The normalized spacial score (nSPS) is 18.6. The average Bonchev–Trinajstić information content (AvgIpc) is 2.50. The Kier molecular flexibility index (Phi) is 3.10. The van der Waals surface area contributed by atoms with Gasteiger partial charge in [0.1, 0.15) is 0 Å². The summed E-state index contributed by atoms with van der Waals surface area (Å²) in [6.07, 6.45) is 0.728. The first-order valence-corrected chi connectivity index (χ1v) is 7.22. The van der Waals surface area contributed by atoms with Crippen molar-refractivity contribution in [2.75, 3.05) is 7.05 Å². The van der Waals surface area contributed by atoms with E-state index < -0.39 is 9.84 Å². The molecule has 0 amide bonds. The molecule has 2 rings (SSSR count). The van der Waals surface area contributed by atoms with Gasteiger partial charge in [-0.05, 0) is 44.5 Å². The van der Waals surface area contributed by atoms with Gasteiger partial charge in [0.05, 0.1) is 4.90 Å². The van der Waals surface area contributed by atoms with Crippen molar-refractivity contribution in [3.63, 3.8) is 0 Å². The molecule has 0 spiro atoms. The molecule has 0 fully saturated rings. The molecular formula is C13H17NO2S.